The standard InChI is InChI=1S/C15H12ClN3OS/c1-8-6-10(4-5-11(8)16)13-12(7-20)19-15(17-13)21-14(18-19)9-2-3-9/h4-7,9H,2-3H2,1H3. The van der Waals surface area contributed by atoms with Gasteiger partial charge in [0.15, 0.2) is 6.29 Å². The molecule has 1 fully saturated rings. The van der Waals surface area contributed by atoms with E-state index in [9.17, 15) is 4.79 Å². The van der Waals surface area contributed by atoms with Crippen molar-refractivity contribution in [3.8, 4) is 11.3 Å². The van der Waals surface area contributed by atoms with E-state index >= 15 is 0 Å². The van der Waals surface area contributed by atoms with Crippen molar-refractivity contribution in [1.82, 2.24) is 14.6 Å². The van der Waals surface area contributed by atoms with E-state index in [1.807, 2.05) is 25.1 Å². The number of rotatable bonds is 3. The molecule has 1 aromatic carbocycles. The smallest absolute Gasteiger partial charge is 0.213 e. The van der Waals surface area contributed by atoms with Gasteiger partial charge in [-0.3, -0.25) is 4.79 Å². The van der Waals surface area contributed by atoms with Crippen LogP contribution in [0.3, 0.4) is 0 Å². The van der Waals surface area contributed by atoms with E-state index in [0.717, 1.165) is 27.4 Å². The summed E-state index contributed by atoms with van der Waals surface area (Å²) in [5.41, 5.74) is 3.04. The lowest BCUT2D eigenvalue weighted by Gasteiger charge is -2.02. The van der Waals surface area contributed by atoms with E-state index in [1.54, 1.807) is 15.9 Å². The lowest BCUT2D eigenvalue weighted by molar-refractivity contribution is 0.111. The molecule has 0 atom stereocenters. The number of carbonyl (C=O) groups excluding carboxylic acids is 1. The summed E-state index contributed by atoms with van der Waals surface area (Å²) in [6, 6.07) is 5.66. The molecule has 0 spiro atoms. The summed E-state index contributed by atoms with van der Waals surface area (Å²) in [5.74, 6) is 0.567. The second-order valence-corrected chi connectivity index (χ2v) is 6.73. The van der Waals surface area contributed by atoms with E-state index in [4.69, 9.17) is 11.6 Å². The van der Waals surface area contributed by atoms with Gasteiger partial charge in [0.25, 0.3) is 0 Å². The number of benzene rings is 1. The van der Waals surface area contributed by atoms with Crippen molar-refractivity contribution in [2.45, 2.75) is 25.7 Å². The van der Waals surface area contributed by atoms with Gasteiger partial charge in [0.2, 0.25) is 4.96 Å². The Balaban J connectivity index is 1.89. The first-order chi connectivity index (χ1) is 10.2. The summed E-state index contributed by atoms with van der Waals surface area (Å²) in [7, 11) is 0. The minimum atomic E-state index is 0.509. The fourth-order valence-corrected chi connectivity index (χ4v) is 3.58. The quantitative estimate of drug-likeness (QED) is 0.683. The zero-order valence-corrected chi connectivity index (χ0v) is 12.9. The number of aryl methyl sites for hydroxylation is 1. The molecule has 3 aromatic rings. The number of imidazole rings is 1. The zero-order chi connectivity index (χ0) is 14.6. The molecular weight excluding hydrogens is 306 g/mol. The molecule has 1 saturated carbocycles. The molecule has 2 aromatic heterocycles. The topological polar surface area (TPSA) is 47.3 Å². The van der Waals surface area contributed by atoms with Gasteiger partial charge >= 0.3 is 0 Å². The van der Waals surface area contributed by atoms with Gasteiger partial charge in [-0.1, -0.05) is 29.0 Å². The number of hydrogen-bond donors (Lipinski definition) is 0. The number of fused-ring (bicyclic) bond motifs is 1. The van der Waals surface area contributed by atoms with Gasteiger partial charge in [-0.25, -0.2) is 4.98 Å². The molecule has 0 aliphatic heterocycles. The van der Waals surface area contributed by atoms with Gasteiger partial charge in [0.1, 0.15) is 16.4 Å². The van der Waals surface area contributed by atoms with Crippen molar-refractivity contribution in [3.05, 3.63) is 39.5 Å². The maximum Gasteiger partial charge on any atom is 0.213 e. The Bertz CT molecular complexity index is 863. The van der Waals surface area contributed by atoms with Crippen LogP contribution in [0.1, 0.15) is 39.8 Å². The van der Waals surface area contributed by atoms with Gasteiger partial charge in [-0.15, -0.1) is 0 Å². The molecular formula is C15H12ClN3OS. The van der Waals surface area contributed by atoms with Crippen molar-refractivity contribution in [3.63, 3.8) is 0 Å². The highest BCUT2D eigenvalue weighted by atomic mass is 35.5. The Morgan fingerprint density at radius 2 is 2.24 bits per heavy atom. The molecule has 0 N–H and O–H groups in total. The van der Waals surface area contributed by atoms with Crippen LogP contribution in [0.2, 0.25) is 5.02 Å². The predicted molar refractivity (Wildman–Crippen MR) is 83.4 cm³/mol. The average Bonchev–Trinajstić information content (AvgIpc) is 3.15. The van der Waals surface area contributed by atoms with Crippen molar-refractivity contribution >= 4 is 34.2 Å². The van der Waals surface area contributed by atoms with E-state index in [-0.39, 0.29) is 0 Å². The molecule has 21 heavy (non-hydrogen) atoms. The van der Waals surface area contributed by atoms with E-state index in [1.165, 1.54) is 12.8 Å². The van der Waals surface area contributed by atoms with Crippen molar-refractivity contribution < 1.29 is 4.79 Å². The molecule has 0 amide bonds. The first-order valence-corrected chi connectivity index (χ1v) is 7.98. The Morgan fingerprint density at radius 1 is 1.43 bits per heavy atom. The second kappa shape index (κ2) is 4.64. The maximum absolute atomic E-state index is 11.5. The van der Waals surface area contributed by atoms with Crippen molar-refractivity contribution in [2.75, 3.05) is 0 Å². The fourth-order valence-electron chi connectivity index (χ4n) is 2.38. The SMILES string of the molecule is Cc1cc(-c2nc3sc(C4CC4)nn3c2C=O)ccc1Cl. The van der Waals surface area contributed by atoms with Crippen LogP contribution in [0.4, 0.5) is 0 Å². The first kappa shape index (κ1) is 13.0. The van der Waals surface area contributed by atoms with Crippen LogP contribution < -0.4 is 0 Å². The Kier molecular flexibility index (Phi) is 2.87. The monoisotopic (exact) mass is 317 g/mol. The van der Waals surface area contributed by atoms with Crippen LogP contribution in [0.15, 0.2) is 18.2 Å². The third-order valence-corrected chi connectivity index (χ3v) is 5.22. The van der Waals surface area contributed by atoms with E-state index in [0.29, 0.717) is 22.3 Å². The van der Waals surface area contributed by atoms with Crippen LogP contribution >= 0.6 is 22.9 Å². The second-order valence-electron chi connectivity index (χ2n) is 5.34. The van der Waals surface area contributed by atoms with Gasteiger partial charge < -0.3 is 0 Å². The summed E-state index contributed by atoms with van der Waals surface area (Å²) in [6.07, 6.45) is 3.21. The molecule has 1 aliphatic carbocycles. The summed E-state index contributed by atoms with van der Waals surface area (Å²) in [6.45, 7) is 1.94. The van der Waals surface area contributed by atoms with E-state index < -0.39 is 0 Å². The highest BCUT2D eigenvalue weighted by Crippen LogP contribution is 2.42. The number of aromatic nitrogens is 3. The van der Waals surface area contributed by atoms with Gasteiger partial charge in [-0.2, -0.15) is 9.61 Å². The van der Waals surface area contributed by atoms with Crippen molar-refractivity contribution in [1.29, 1.82) is 0 Å². The largest absolute Gasteiger partial charge is 0.296 e. The van der Waals surface area contributed by atoms with Crippen LogP contribution in [0.25, 0.3) is 16.2 Å². The van der Waals surface area contributed by atoms with Crippen LogP contribution in [0.5, 0.6) is 0 Å². The summed E-state index contributed by atoms with van der Waals surface area (Å²) >= 11 is 7.63. The molecule has 4 rings (SSSR count). The number of nitrogens with zero attached hydrogens (tertiary/aromatic N) is 3. The maximum atomic E-state index is 11.5. The fraction of sp³-hybridized carbons (Fsp3) is 0.267. The predicted octanol–water partition coefficient (Wildman–Crippen LogP) is 4.11. The van der Waals surface area contributed by atoms with Gasteiger partial charge in [0.05, 0.1) is 0 Å². The van der Waals surface area contributed by atoms with Crippen molar-refractivity contribution in [2.24, 2.45) is 0 Å². The highest BCUT2D eigenvalue weighted by molar-refractivity contribution is 7.16. The number of hydrogen-bond acceptors (Lipinski definition) is 4. The van der Waals surface area contributed by atoms with Gasteiger partial charge in [0, 0.05) is 16.5 Å². The number of aldehydes is 1. The van der Waals surface area contributed by atoms with E-state index in [2.05, 4.69) is 10.1 Å². The third kappa shape index (κ3) is 2.08. The Labute approximate surface area is 130 Å². The first-order valence-electron chi connectivity index (χ1n) is 6.78. The molecule has 4 nitrogen and oxygen atoms in total. The molecule has 0 unspecified atom stereocenters. The lowest BCUT2D eigenvalue weighted by Crippen LogP contribution is -1.95. The molecule has 0 saturated heterocycles. The minimum absolute atomic E-state index is 0.509. The normalized spacial score (nSPS) is 14.8. The number of carbonyl (C=O) groups is 1. The molecule has 2 heterocycles. The molecule has 106 valence electrons. The molecule has 0 radical (unpaired) electrons. The zero-order valence-electron chi connectivity index (χ0n) is 11.3. The van der Waals surface area contributed by atoms with Crippen LogP contribution in [-0.4, -0.2) is 20.9 Å². The molecule has 6 heteroatoms. The van der Waals surface area contributed by atoms with Gasteiger partial charge in [-0.05, 0) is 37.5 Å². The lowest BCUT2D eigenvalue weighted by atomic mass is 10.1. The summed E-state index contributed by atoms with van der Waals surface area (Å²) in [5, 5.41) is 6.34. The average molecular weight is 318 g/mol. The summed E-state index contributed by atoms with van der Waals surface area (Å²) in [4.78, 5) is 16.9. The highest BCUT2D eigenvalue weighted by Gasteiger charge is 2.29. The minimum Gasteiger partial charge on any atom is -0.296 e. The summed E-state index contributed by atoms with van der Waals surface area (Å²) < 4.78 is 1.67. The Hall–Kier alpha value is -1.72. The third-order valence-electron chi connectivity index (χ3n) is 3.72. The number of halogens is 1. The molecule has 0 bridgehead atoms. The van der Waals surface area contributed by atoms with Crippen LogP contribution in [-0.2, 0) is 0 Å². The van der Waals surface area contributed by atoms with Crippen LogP contribution in [0, 0.1) is 6.92 Å². The Morgan fingerprint density at radius 3 is 2.90 bits per heavy atom. The molecule has 1 aliphatic rings.